The molecule has 0 saturated carbocycles. The third-order valence-electron chi connectivity index (χ3n) is 2.77. The van der Waals surface area contributed by atoms with E-state index in [1.807, 2.05) is 37.3 Å². The number of ether oxygens (including phenoxy) is 1. The summed E-state index contributed by atoms with van der Waals surface area (Å²) < 4.78 is 6.61. The van der Waals surface area contributed by atoms with Crippen molar-refractivity contribution in [2.45, 2.75) is 19.4 Å². The molecule has 2 aromatic rings. The van der Waals surface area contributed by atoms with E-state index in [-0.39, 0.29) is 0 Å². The predicted molar refractivity (Wildman–Crippen MR) is 80.9 cm³/mol. The van der Waals surface area contributed by atoms with Crippen LogP contribution in [0.4, 0.5) is 0 Å². The van der Waals surface area contributed by atoms with Crippen molar-refractivity contribution < 1.29 is 9.84 Å². The van der Waals surface area contributed by atoms with Crippen LogP contribution in [0.5, 0.6) is 11.5 Å². The van der Waals surface area contributed by atoms with Crippen LogP contribution in [0.3, 0.4) is 0 Å². The van der Waals surface area contributed by atoms with Crippen LogP contribution in [0.25, 0.3) is 0 Å². The molecule has 0 spiro atoms. The Labute approximate surface area is 126 Å². The maximum Gasteiger partial charge on any atom is 0.146 e. The van der Waals surface area contributed by atoms with Gasteiger partial charge in [0.2, 0.25) is 0 Å². The summed E-state index contributed by atoms with van der Waals surface area (Å²) in [6, 6.07) is 12.8. The summed E-state index contributed by atoms with van der Waals surface area (Å²) >= 11 is 9.44. The lowest BCUT2D eigenvalue weighted by Crippen LogP contribution is -1.94. The van der Waals surface area contributed by atoms with E-state index in [2.05, 4.69) is 15.9 Å². The molecule has 2 rings (SSSR count). The lowest BCUT2D eigenvalue weighted by molar-refractivity contribution is 0.173. The molecule has 2 nitrogen and oxygen atoms in total. The Morgan fingerprint density at radius 3 is 2.47 bits per heavy atom. The Morgan fingerprint density at radius 2 is 1.89 bits per heavy atom. The first-order valence-corrected chi connectivity index (χ1v) is 7.18. The Balaban J connectivity index is 2.15. The van der Waals surface area contributed by atoms with Crippen LogP contribution in [0, 0.1) is 0 Å². The highest BCUT2D eigenvalue weighted by molar-refractivity contribution is 9.10. The highest BCUT2D eigenvalue weighted by Crippen LogP contribution is 2.32. The second-order valence-electron chi connectivity index (χ2n) is 4.17. The smallest absolute Gasteiger partial charge is 0.146 e. The average Bonchev–Trinajstić information content (AvgIpc) is 2.42. The lowest BCUT2D eigenvalue weighted by atomic mass is 10.1. The molecule has 1 atom stereocenters. The van der Waals surface area contributed by atoms with E-state index >= 15 is 0 Å². The van der Waals surface area contributed by atoms with Gasteiger partial charge in [0.25, 0.3) is 0 Å². The quantitative estimate of drug-likeness (QED) is 0.813. The third kappa shape index (κ3) is 3.72. The molecule has 0 amide bonds. The molecule has 0 unspecified atom stereocenters. The number of benzene rings is 2. The Bertz CT molecular complexity index is 555. The number of aliphatic hydroxyl groups excluding tert-OH is 1. The van der Waals surface area contributed by atoms with Gasteiger partial charge in [0, 0.05) is 4.47 Å². The first kappa shape index (κ1) is 14.4. The van der Waals surface area contributed by atoms with Gasteiger partial charge in [-0.3, -0.25) is 0 Å². The van der Waals surface area contributed by atoms with Crippen molar-refractivity contribution in [2.24, 2.45) is 0 Å². The summed E-state index contributed by atoms with van der Waals surface area (Å²) in [4.78, 5) is 0. The maximum atomic E-state index is 9.72. The molecule has 1 N–H and O–H groups in total. The minimum Gasteiger partial charge on any atom is -0.456 e. The highest BCUT2D eigenvalue weighted by Gasteiger charge is 2.06. The second-order valence-corrected chi connectivity index (χ2v) is 5.49. The summed E-state index contributed by atoms with van der Waals surface area (Å²) in [5.74, 6) is 1.30. The van der Waals surface area contributed by atoms with Crippen LogP contribution in [0.15, 0.2) is 46.9 Å². The Morgan fingerprint density at radius 1 is 1.21 bits per heavy atom. The molecule has 0 radical (unpaired) electrons. The van der Waals surface area contributed by atoms with Crippen LogP contribution in [0.2, 0.25) is 5.02 Å². The van der Waals surface area contributed by atoms with Gasteiger partial charge in [0.15, 0.2) is 0 Å². The van der Waals surface area contributed by atoms with Crippen molar-refractivity contribution in [1.29, 1.82) is 0 Å². The summed E-state index contributed by atoms with van der Waals surface area (Å²) in [5, 5.41) is 10.3. The molecule has 4 heteroatoms. The van der Waals surface area contributed by atoms with Crippen molar-refractivity contribution in [3.63, 3.8) is 0 Å². The van der Waals surface area contributed by atoms with Crippen molar-refractivity contribution in [2.75, 3.05) is 0 Å². The maximum absolute atomic E-state index is 9.72. The van der Waals surface area contributed by atoms with Crippen LogP contribution < -0.4 is 4.74 Å². The minimum absolute atomic E-state index is 0.426. The zero-order valence-corrected chi connectivity index (χ0v) is 12.8. The number of halogens is 2. The molecule has 0 fully saturated rings. The van der Waals surface area contributed by atoms with Crippen LogP contribution in [-0.2, 0) is 0 Å². The Kier molecular flexibility index (Phi) is 4.86. The third-order valence-corrected chi connectivity index (χ3v) is 3.56. The first-order chi connectivity index (χ1) is 9.10. The first-order valence-electron chi connectivity index (χ1n) is 6.01. The molecule has 0 aliphatic heterocycles. The zero-order valence-electron chi connectivity index (χ0n) is 10.4. The summed E-state index contributed by atoms with van der Waals surface area (Å²) in [7, 11) is 0. The summed E-state index contributed by atoms with van der Waals surface area (Å²) in [6.45, 7) is 1.94. The topological polar surface area (TPSA) is 29.5 Å². The van der Waals surface area contributed by atoms with E-state index < -0.39 is 6.10 Å². The van der Waals surface area contributed by atoms with Crippen LogP contribution in [-0.4, -0.2) is 5.11 Å². The SMILES string of the molecule is CC[C@H](O)c1ccc(Oc2ccc(Br)cc2Cl)cc1. The average molecular weight is 342 g/mol. The number of rotatable bonds is 4. The minimum atomic E-state index is -0.426. The second kappa shape index (κ2) is 6.42. The van der Waals surface area contributed by atoms with Gasteiger partial charge in [-0.25, -0.2) is 0 Å². The normalized spacial score (nSPS) is 12.2. The molecule has 100 valence electrons. The van der Waals surface area contributed by atoms with Crippen LogP contribution >= 0.6 is 27.5 Å². The fourth-order valence-electron chi connectivity index (χ4n) is 1.68. The van der Waals surface area contributed by atoms with E-state index in [0.717, 1.165) is 10.0 Å². The summed E-state index contributed by atoms with van der Waals surface area (Å²) in [6.07, 6.45) is 0.268. The van der Waals surface area contributed by atoms with Crippen molar-refractivity contribution in [1.82, 2.24) is 0 Å². The number of aliphatic hydroxyl groups is 1. The molecule has 0 aliphatic carbocycles. The van der Waals surface area contributed by atoms with Crippen molar-refractivity contribution in [3.05, 3.63) is 57.5 Å². The molecule has 0 heterocycles. The highest BCUT2D eigenvalue weighted by atomic mass is 79.9. The van der Waals surface area contributed by atoms with Gasteiger partial charge < -0.3 is 9.84 Å². The molecular weight excluding hydrogens is 328 g/mol. The van der Waals surface area contributed by atoms with Gasteiger partial charge in [0.1, 0.15) is 11.5 Å². The molecule has 0 aliphatic rings. The fraction of sp³-hybridized carbons (Fsp3) is 0.200. The van der Waals surface area contributed by atoms with Gasteiger partial charge in [-0.15, -0.1) is 0 Å². The number of hydrogen-bond donors (Lipinski definition) is 1. The molecule has 0 aromatic heterocycles. The molecule has 19 heavy (non-hydrogen) atoms. The van der Waals surface area contributed by atoms with E-state index in [1.165, 1.54) is 0 Å². The van der Waals surface area contributed by atoms with E-state index in [9.17, 15) is 5.11 Å². The lowest BCUT2D eigenvalue weighted by Gasteiger charge is -2.11. The van der Waals surface area contributed by atoms with E-state index in [0.29, 0.717) is 22.9 Å². The largest absolute Gasteiger partial charge is 0.456 e. The fourth-order valence-corrected chi connectivity index (χ4v) is 2.39. The van der Waals surface area contributed by atoms with Gasteiger partial charge in [-0.2, -0.15) is 0 Å². The van der Waals surface area contributed by atoms with Crippen molar-refractivity contribution in [3.8, 4) is 11.5 Å². The molecule has 0 saturated heterocycles. The monoisotopic (exact) mass is 340 g/mol. The van der Waals surface area contributed by atoms with Crippen LogP contribution in [0.1, 0.15) is 25.0 Å². The van der Waals surface area contributed by atoms with E-state index in [1.54, 1.807) is 12.1 Å². The Hall–Kier alpha value is -1.03. The molecular formula is C15H14BrClO2. The van der Waals surface area contributed by atoms with E-state index in [4.69, 9.17) is 16.3 Å². The van der Waals surface area contributed by atoms with Gasteiger partial charge in [-0.05, 0) is 42.3 Å². The van der Waals surface area contributed by atoms with Gasteiger partial charge in [0.05, 0.1) is 11.1 Å². The predicted octanol–water partition coefficient (Wildman–Crippen LogP) is 5.34. The van der Waals surface area contributed by atoms with Gasteiger partial charge in [-0.1, -0.05) is 46.6 Å². The zero-order chi connectivity index (χ0) is 13.8. The molecule has 2 aromatic carbocycles. The summed E-state index contributed by atoms with van der Waals surface area (Å²) in [5.41, 5.74) is 0.886. The van der Waals surface area contributed by atoms with Gasteiger partial charge >= 0.3 is 0 Å². The van der Waals surface area contributed by atoms with Crippen molar-refractivity contribution >= 4 is 27.5 Å². The molecule has 0 bridgehead atoms. The standard InChI is InChI=1S/C15H14BrClO2/c1-2-14(18)10-3-6-12(7-4-10)19-15-8-5-11(16)9-13(15)17/h3-9,14,18H,2H2,1H3/t14-/m0/s1. The number of hydrogen-bond acceptors (Lipinski definition) is 2.